The van der Waals surface area contributed by atoms with Gasteiger partial charge in [-0.15, -0.1) is 0 Å². The van der Waals surface area contributed by atoms with Crippen molar-refractivity contribution in [2.24, 2.45) is 0 Å². The van der Waals surface area contributed by atoms with Crippen LogP contribution in [0.5, 0.6) is 17.2 Å². The topological polar surface area (TPSA) is 49.7 Å². The molecular weight excluding hydrogens is 393 g/mol. The van der Waals surface area contributed by atoms with E-state index < -0.39 is 23.4 Å². The number of phenolic OH excluding ortho intramolecular Hbond substituents is 2. The average molecular weight is 416 g/mol. The fourth-order valence-corrected chi connectivity index (χ4v) is 3.80. The molecule has 4 rings (SSSR count). The first-order chi connectivity index (χ1) is 14.4. The van der Waals surface area contributed by atoms with Crippen LogP contribution in [-0.4, -0.2) is 16.8 Å². The highest BCUT2D eigenvalue weighted by Gasteiger charge is 2.35. The molecule has 3 nitrogen and oxygen atoms in total. The summed E-state index contributed by atoms with van der Waals surface area (Å²) in [5, 5.41) is 19.6. The van der Waals surface area contributed by atoms with E-state index in [0.717, 1.165) is 23.3 Å². The molecule has 30 heavy (non-hydrogen) atoms. The van der Waals surface area contributed by atoms with E-state index in [0.29, 0.717) is 11.3 Å². The van der Waals surface area contributed by atoms with E-state index in [9.17, 15) is 23.4 Å². The first-order valence-corrected chi connectivity index (χ1v) is 9.75. The Morgan fingerprint density at radius 3 is 2.07 bits per heavy atom. The van der Waals surface area contributed by atoms with Crippen molar-refractivity contribution in [1.82, 2.24) is 0 Å². The number of hydrogen-bond acceptors (Lipinski definition) is 3. The van der Waals surface area contributed by atoms with Gasteiger partial charge in [0.1, 0.15) is 17.2 Å². The lowest BCUT2D eigenvalue weighted by Gasteiger charge is -2.35. The predicted octanol–water partition coefficient (Wildman–Crippen LogP) is 6.16. The van der Waals surface area contributed by atoms with Crippen molar-refractivity contribution >= 4 is 0 Å². The lowest BCUT2D eigenvalue weighted by molar-refractivity contribution is 0.245. The van der Waals surface area contributed by atoms with Gasteiger partial charge in [-0.05, 0) is 48.4 Å². The molecule has 0 bridgehead atoms. The van der Waals surface area contributed by atoms with E-state index in [2.05, 4.69) is 0 Å². The first-order valence-electron chi connectivity index (χ1n) is 9.75. The molecule has 0 aromatic heterocycles. The number of fused-ring (bicyclic) bond motifs is 1. The fourth-order valence-electron chi connectivity index (χ4n) is 3.80. The summed E-state index contributed by atoms with van der Waals surface area (Å²) in [6.07, 6.45) is 0. The number of halogens is 3. The van der Waals surface area contributed by atoms with Crippen molar-refractivity contribution in [3.63, 3.8) is 0 Å². The second kappa shape index (κ2) is 8.69. The number of aromatic hydroxyl groups is 2. The Morgan fingerprint density at radius 1 is 0.867 bits per heavy atom. The molecule has 2 unspecified atom stereocenters. The highest BCUT2D eigenvalue weighted by Crippen LogP contribution is 2.49. The van der Waals surface area contributed by atoms with Gasteiger partial charge in [-0.3, -0.25) is 0 Å². The van der Waals surface area contributed by atoms with Gasteiger partial charge in [0.25, 0.3) is 0 Å². The molecule has 0 aliphatic carbocycles. The SMILES string of the molecule is CC.Cc1c(O)ccc2c1OCC(c1cc(F)c(F)c(F)c1)C2c1ccc(O)cc1. The summed E-state index contributed by atoms with van der Waals surface area (Å²) in [7, 11) is 0. The summed E-state index contributed by atoms with van der Waals surface area (Å²) in [5.41, 5.74) is 2.37. The van der Waals surface area contributed by atoms with E-state index >= 15 is 0 Å². The molecule has 158 valence electrons. The summed E-state index contributed by atoms with van der Waals surface area (Å²) >= 11 is 0. The maximum atomic E-state index is 13.9. The van der Waals surface area contributed by atoms with Crippen molar-refractivity contribution in [2.75, 3.05) is 6.61 Å². The molecule has 2 N–H and O–H groups in total. The molecule has 6 heteroatoms. The largest absolute Gasteiger partial charge is 0.508 e. The normalized spacial score (nSPS) is 17.4. The molecule has 1 heterocycles. The Bertz CT molecular complexity index is 1030. The smallest absolute Gasteiger partial charge is 0.194 e. The number of hydrogen-bond donors (Lipinski definition) is 2. The molecule has 0 radical (unpaired) electrons. The number of benzene rings is 3. The van der Waals surface area contributed by atoms with Crippen LogP contribution in [0.1, 0.15) is 47.9 Å². The molecule has 1 aliphatic rings. The highest BCUT2D eigenvalue weighted by atomic mass is 19.2. The van der Waals surface area contributed by atoms with Gasteiger partial charge in [0, 0.05) is 23.0 Å². The molecule has 3 aromatic rings. The molecule has 3 aromatic carbocycles. The Kier molecular flexibility index (Phi) is 6.25. The highest BCUT2D eigenvalue weighted by molar-refractivity contribution is 5.55. The summed E-state index contributed by atoms with van der Waals surface area (Å²) in [6, 6.07) is 11.7. The van der Waals surface area contributed by atoms with Crippen LogP contribution in [0.3, 0.4) is 0 Å². The van der Waals surface area contributed by atoms with E-state index in [4.69, 9.17) is 4.74 Å². The number of phenols is 2. The quantitative estimate of drug-likeness (QED) is 0.492. The Balaban J connectivity index is 0.00000124. The molecule has 0 saturated carbocycles. The Morgan fingerprint density at radius 2 is 1.47 bits per heavy atom. The third-order valence-corrected chi connectivity index (χ3v) is 5.24. The zero-order valence-corrected chi connectivity index (χ0v) is 16.9. The van der Waals surface area contributed by atoms with Gasteiger partial charge in [0.05, 0.1) is 6.61 Å². The van der Waals surface area contributed by atoms with Gasteiger partial charge >= 0.3 is 0 Å². The predicted molar refractivity (Wildman–Crippen MR) is 109 cm³/mol. The summed E-state index contributed by atoms with van der Waals surface area (Å²) in [5.74, 6) is -4.20. The summed E-state index contributed by atoms with van der Waals surface area (Å²) in [6.45, 7) is 5.81. The number of ether oxygens (including phenoxy) is 1. The molecule has 0 spiro atoms. The van der Waals surface area contributed by atoms with Gasteiger partial charge < -0.3 is 14.9 Å². The van der Waals surface area contributed by atoms with Crippen molar-refractivity contribution in [2.45, 2.75) is 32.6 Å². The second-order valence-electron chi connectivity index (χ2n) is 6.91. The zero-order valence-electron chi connectivity index (χ0n) is 16.9. The fraction of sp³-hybridized carbons (Fsp3) is 0.250. The summed E-state index contributed by atoms with van der Waals surface area (Å²) < 4.78 is 47.0. The molecular formula is C24H23F3O3. The first kappa shape index (κ1) is 21.6. The molecule has 0 fully saturated rings. The third-order valence-electron chi connectivity index (χ3n) is 5.24. The van der Waals surface area contributed by atoms with Gasteiger partial charge in [-0.25, -0.2) is 13.2 Å². The van der Waals surface area contributed by atoms with Crippen LogP contribution in [0, 0.1) is 24.4 Å². The van der Waals surface area contributed by atoms with E-state index in [1.807, 2.05) is 13.8 Å². The molecule has 0 amide bonds. The minimum atomic E-state index is -1.51. The van der Waals surface area contributed by atoms with Crippen LogP contribution < -0.4 is 4.74 Å². The minimum Gasteiger partial charge on any atom is -0.508 e. The maximum absolute atomic E-state index is 13.9. The molecule has 2 atom stereocenters. The zero-order chi connectivity index (χ0) is 22.0. The second-order valence-corrected chi connectivity index (χ2v) is 6.91. The molecule has 1 aliphatic heterocycles. The van der Waals surface area contributed by atoms with Crippen LogP contribution >= 0.6 is 0 Å². The van der Waals surface area contributed by atoms with Gasteiger partial charge in [0.15, 0.2) is 17.5 Å². The van der Waals surface area contributed by atoms with E-state index in [-0.39, 0.29) is 29.6 Å². The van der Waals surface area contributed by atoms with Crippen molar-refractivity contribution in [3.05, 3.63) is 88.2 Å². The average Bonchev–Trinajstić information content (AvgIpc) is 2.75. The van der Waals surface area contributed by atoms with Crippen LogP contribution in [0.2, 0.25) is 0 Å². The minimum absolute atomic E-state index is 0.0838. The van der Waals surface area contributed by atoms with Gasteiger partial charge in [-0.2, -0.15) is 0 Å². The van der Waals surface area contributed by atoms with Crippen molar-refractivity contribution < 1.29 is 28.1 Å². The lowest BCUT2D eigenvalue weighted by atomic mass is 9.75. The van der Waals surface area contributed by atoms with Gasteiger partial charge in [0.2, 0.25) is 0 Å². The lowest BCUT2D eigenvalue weighted by Crippen LogP contribution is -2.26. The number of rotatable bonds is 2. The maximum Gasteiger partial charge on any atom is 0.194 e. The third kappa shape index (κ3) is 3.82. The molecule has 0 saturated heterocycles. The van der Waals surface area contributed by atoms with Crippen molar-refractivity contribution in [1.29, 1.82) is 0 Å². The standard InChI is InChI=1S/C22H17F3O3.C2H6/c1-11-19(27)7-6-15-20(12-2-4-14(26)5-3-12)16(10-28-22(11)15)13-8-17(23)21(25)18(24)9-13;1-2/h2-9,16,20,26-27H,10H2,1H3;1-2H3. The van der Waals surface area contributed by atoms with Crippen LogP contribution in [0.15, 0.2) is 48.5 Å². The Labute approximate surface area is 173 Å². The summed E-state index contributed by atoms with van der Waals surface area (Å²) in [4.78, 5) is 0. The van der Waals surface area contributed by atoms with E-state index in [1.165, 1.54) is 12.1 Å². The van der Waals surface area contributed by atoms with Gasteiger partial charge in [-0.1, -0.05) is 32.0 Å². The van der Waals surface area contributed by atoms with E-state index in [1.54, 1.807) is 31.2 Å². The van der Waals surface area contributed by atoms with Crippen LogP contribution in [0.25, 0.3) is 0 Å². The monoisotopic (exact) mass is 416 g/mol. The van der Waals surface area contributed by atoms with Crippen molar-refractivity contribution in [3.8, 4) is 17.2 Å². The van der Waals surface area contributed by atoms with Crippen LogP contribution in [-0.2, 0) is 0 Å². The van der Waals surface area contributed by atoms with Crippen LogP contribution in [0.4, 0.5) is 13.2 Å². The Hall–Kier alpha value is -3.15.